The largest absolute Gasteiger partial charge is 0.507 e. The Morgan fingerprint density at radius 3 is 2.94 bits per heavy atom. The van der Waals surface area contributed by atoms with Crippen molar-refractivity contribution in [2.75, 3.05) is 13.1 Å². The molecule has 17 heavy (non-hydrogen) atoms. The molecule has 1 aliphatic heterocycles. The van der Waals surface area contributed by atoms with Gasteiger partial charge < -0.3 is 10.2 Å². The maximum Gasteiger partial charge on any atom is 0.123 e. The van der Waals surface area contributed by atoms with Crippen LogP contribution in [-0.2, 0) is 6.54 Å². The van der Waals surface area contributed by atoms with Crippen LogP contribution in [0.3, 0.4) is 0 Å². The molecule has 0 spiro atoms. The third-order valence-corrected chi connectivity index (χ3v) is 3.68. The molecule has 1 aliphatic rings. The van der Waals surface area contributed by atoms with Crippen LogP contribution in [0.5, 0.6) is 5.75 Å². The highest BCUT2D eigenvalue weighted by molar-refractivity contribution is 9.10. The van der Waals surface area contributed by atoms with Crippen LogP contribution >= 0.6 is 15.9 Å². The Hall–Kier alpha value is -0.580. The number of aryl methyl sites for hydroxylation is 1. The van der Waals surface area contributed by atoms with Gasteiger partial charge in [-0.2, -0.15) is 0 Å². The molecule has 2 rings (SSSR count). The topological polar surface area (TPSA) is 43.7 Å². The number of benzene rings is 1. The lowest BCUT2D eigenvalue weighted by atomic mass is 10.1. The summed E-state index contributed by atoms with van der Waals surface area (Å²) < 4.78 is 0.986. The van der Waals surface area contributed by atoms with Crippen molar-refractivity contribution in [2.24, 2.45) is 0 Å². The number of aromatic hydroxyl groups is 1. The van der Waals surface area contributed by atoms with Crippen LogP contribution in [0, 0.1) is 6.92 Å². The Balaban J connectivity index is 2.12. The van der Waals surface area contributed by atoms with Crippen molar-refractivity contribution in [2.45, 2.75) is 32.4 Å². The number of hydrogen-bond donors (Lipinski definition) is 2. The second-order valence-corrected chi connectivity index (χ2v) is 5.68. The number of piperidine rings is 1. The summed E-state index contributed by atoms with van der Waals surface area (Å²) in [5, 5.41) is 19.6. The minimum Gasteiger partial charge on any atom is -0.507 e. The number of phenolic OH excluding ortho intramolecular Hbond substituents is 1. The Morgan fingerprint density at radius 1 is 1.47 bits per heavy atom. The lowest BCUT2D eigenvalue weighted by Crippen LogP contribution is -2.37. The number of phenols is 1. The Morgan fingerprint density at radius 2 is 2.24 bits per heavy atom. The number of likely N-dealkylation sites (tertiary alicyclic amines) is 1. The minimum absolute atomic E-state index is 0.223. The molecule has 3 nitrogen and oxygen atoms in total. The number of rotatable bonds is 2. The number of halogens is 1. The SMILES string of the molecule is Cc1cc(Br)cc(CN2CCCC(O)C2)c1O. The number of aliphatic hydroxyl groups excluding tert-OH is 1. The fraction of sp³-hybridized carbons (Fsp3) is 0.538. The monoisotopic (exact) mass is 299 g/mol. The van der Waals surface area contributed by atoms with Gasteiger partial charge in [0.1, 0.15) is 5.75 Å². The van der Waals surface area contributed by atoms with Crippen LogP contribution in [0.4, 0.5) is 0 Å². The molecule has 2 N–H and O–H groups in total. The molecule has 0 amide bonds. The van der Waals surface area contributed by atoms with Gasteiger partial charge in [0.2, 0.25) is 0 Å². The second kappa shape index (κ2) is 5.38. The van der Waals surface area contributed by atoms with Crippen molar-refractivity contribution < 1.29 is 10.2 Å². The standard InChI is InChI=1S/C13H18BrNO2/c1-9-5-11(14)6-10(13(9)17)7-15-4-2-3-12(16)8-15/h5-6,12,16-17H,2-4,7-8H2,1H3. The number of β-amino-alcohol motifs (C(OH)–C–C–N with tert-alkyl or cyclic N) is 1. The van der Waals surface area contributed by atoms with Gasteiger partial charge in [-0.05, 0) is 44.0 Å². The van der Waals surface area contributed by atoms with E-state index in [1.54, 1.807) is 0 Å². The zero-order valence-electron chi connectivity index (χ0n) is 9.99. The molecule has 0 radical (unpaired) electrons. The highest BCUT2D eigenvalue weighted by Crippen LogP contribution is 2.28. The van der Waals surface area contributed by atoms with Crippen molar-refractivity contribution >= 4 is 15.9 Å². The molecule has 0 aromatic heterocycles. The molecule has 94 valence electrons. The van der Waals surface area contributed by atoms with E-state index in [4.69, 9.17) is 0 Å². The first kappa shape index (κ1) is 12.9. The van der Waals surface area contributed by atoms with Crippen molar-refractivity contribution in [3.05, 3.63) is 27.7 Å². The Bertz CT molecular complexity index is 409. The molecule has 0 aliphatic carbocycles. The average molecular weight is 300 g/mol. The first-order chi connectivity index (χ1) is 8.06. The van der Waals surface area contributed by atoms with Gasteiger partial charge in [-0.3, -0.25) is 4.90 Å². The normalized spacial score (nSPS) is 21.7. The van der Waals surface area contributed by atoms with Crippen LogP contribution in [0.15, 0.2) is 16.6 Å². The average Bonchev–Trinajstić information content (AvgIpc) is 2.25. The van der Waals surface area contributed by atoms with E-state index in [2.05, 4.69) is 20.8 Å². The Kier molecular flexibility index (Phi) is 4.07. The molecule has 1 aromatic carbocycles. The minimum atomic E-state index is -0.223. The molecule has 1 atom stereocenters. The maximum atomic E-state index is 10.0. The molecule has 1 fully saturated rings. The van der Waals surface area contributed by atoms with E-state index < -0.39 is 0 Å². The molecule has 1 saturated heterocycles. The summed E-state index contributed by atoms with van der Waals surface area (Å²) >= 11 is 3.44. The zero-order valence-corrected chi connectivity index (χ0v) is 11.6. The van der Waals surface area contributed by atoms with Crippen LogP contribution in [0.25, 0.3) is 0 Å². The van der Waals surface area contributed by atoms with E-state index in [9.17, 15) is 10.2 Å². The van der Waals surface area contributed by atoms with Crippen LogP contribution in [-0.4, -0.2) is 34.3 Å². The smallest absolute Gasteiger partial charge is 0.123 e. The van der Waals surface area contributed by atoms with Crippen LogP contribution in [0.1, 0.15) is 24.0 Å². The van der Waals surface area contributed by atoms with E-state index >= 15 is 0 Å². The predicted octanol–water partition coefficient (Wildman–Crippen LogP) is 2.42. The lowest BCUT2D eigenvalue weighted by Gasteiger charge is -2.30. The van der Waals surface area contributed by atoms with Gasteiger partial charge >= 0.3 is 0 Å². The molecule has 0 saturated carbocycles. The maximum absolute atomic E-state index is 10.0. The van der Waals surface area contributed by atoms with Gasteiger partial charge in [-0.1, -0.05) is 15.9 Å². The van der Waals surface area contributed by atoms with E-state index in [0.29, 0.717) is 18.8 Å². The summed E-state index contributed by atoms with van der Waals surface area (Å²) in [6.45, 7) is 4.28. The zero-order chi connectivity index (χ0) is 12.4. The van der Waals surface area contributed by atoms with E-state index in [1.807, 2.05) is 19.1 Å². The summed E-state index contributed by atoms with van der Waals surface area (Å²) in [4.78, 5) is 2.19. The van der Waals surface area contributed by atoms with Crippen molar-refractivity contribution in [3.8, 4) is 5.75 Å². The number of aliphatic hydroxyl groups is 1. The third kappa shape index (κ3) is 3.21. The van der Waals surface area contributed by atoms with Gasteiger partial charge in [0.25, 0.3) is 0 Å². The molecule has 1 aromatic rings. The van der Waals surface area contributed by atoms with Crippen molar-refractivity contribution in [3.63, 3.8) is 0 Å². The van der Waals surface area contributed by atoms with E-state index in [0.717, 1.165) is 35.0 Å². The molecular formula is C13H18BrNO2. The fourth-order valence-electron chi connectivity index (χ4n) is 2.34. The number of nitrogens with zero attached hydrogens (tertiary/aromatic N) is 1. The van der Waals surface area contributed by atoms with Crippen molar-refractivity contribution in [1.82, 2.24) is 4.90 Å². The molecular weight excluding hydrogens is 282 g/mol. The van der Waals surface area contributed by atoms with Crippen molar-refractivity contribution in [1.29, 1.82) is 0 Å². The van der Waals surface area contributed by atoms with E-state index in [1.165, 1.54) is 0 Å². The van der Waals surface area contributed by atoms with Crippen LogP contribution < -0.4 is 0 Å². The summed E-state index contributed by atoms with van der Waals surface area (Å²) in [7, 11) is 0. The molecule has 0 bridgehead atoms. The summed E-state index contributed by atoms with van der Waals surface area (Å²) in [5.74, 6) is 0.369. The highest BCUT2D eigenvalue weighted by Gasteiger charge is 2.19. The third-order valence-electron chi connectivity index (χ3n) is 3.22. The first-order valence-electron chi connectivity index (χ1n) is 5.94. The first-order valence-corrected chi connectivity index (χ1v) is 6.74. The van der Waals surface area contributed by atoms with Gasteiger partial charge in [-0.15, -0.1) is 0 Å². The predicted molar refractivity (Wildman–Crippen MR) is 71.1 cm³/mol. The second-order valence-electron chi connectivity index (χ2n) is 4.76. The summed E-state index contributed by atoms with van der Waals surface area (Å²) in [6.07, 6.45) is 1.69. The highest BCUT2D eigenvalue weighted by atomic mass is 79.9. The van der Waals surface area contributed by atoms with Gasteiger partial charge in [-0.25, -0.2) is 0 Å². The van der Waals surface area contributed by atoms with Gasteiger partial charge in [0, 0.05) is 23.1 Å². The molecule has 1 heterocycles. The van der Waals surface area contributed by atoms with Gasteiger partial charge in [0.05, 0.1) is 6.10 Å². The lowest BCUT2D eigenvalue weighted by molar-refractivity contribution is 0.0664. The number of hydrogen-bond acceptors (Lipinski definition) is 3. The molecule has 4 heteroatoms. The quantitative estimate of drug-likeness (QED) is 0.881. The van der Waals surface area contributed by atoms with Crippen LogP contribution in [0.2, 0.25) is 0 Å². The van der Waals surface area contributed by atoms with Gasteiger partial charge in [0.15, 0.2) is 0 Å². The fourth-order valence-corrected chi connectivity index (χ4v) is 2.96. The molecule has 1 unspecified atom stereocenters. The Labute approximate surface area is 110 Å². The van der Waals surface area contributed by atoms with E-state index in [-0.39, 0.29) is 6.10 Å². The summed E-state index contributed by atoms with van der Waals surface area (Å²) in [5.41, 5.74) is 1.80. The summed E-state index contributed by atoms with van der Waals surface area (Å²) in [6, 6.07) is 3.85.